The standard InChI is InChI=1S/C16H16O6/c17-13-5-11(6-14(18)21-13)9-1-2-10(4-3-9)12-7-15(19)22-16(20)8-12/h1-4,11-13,17H,5-8H2. The molecule has 2 aliphatic heterocycles. The summed E-state index contributed by atoms with van der Waals surface area (Å²) in [5.41, 5.74) is 1.83. The SMILES string of the molecule is O=C1CC(c2ccc(C3CC(=O)OC(O)C3)cc2)CC(=O)O1. The lowest BCUT2D eigenvalue weighted by molar-refractivity contribution is -0.178. The van der Waals surface area contributed by atoms with Crippen LogP contribution in [0, 0.1) is 0 Å². The highest BCUT2D eigenvalue weighted by Gasteiger charge is 2.30. The molecule has 0 amide bonds. The number of aliphatic hydroxyl groups excluding tert-OH is 1. The summed E-state index contributed by atoms with van der Waals surface area (Å²) in [7, 11) is 0. The monoisotopic (exact) mass is 304 g/mol. The first-order valence-corrected chi connectivity index (χ1v) is 7.22. The Kier molecular flexibility index (Phi) is 3.94. The molecular weight excluding hydrogens is 288 g/mol. The predicted molar refractivity (Wildman–Crippen MR) is 73.6 cm³/mol. The van der Waals surface area contributed by atoms with E-state index in [-0.39, 0.29) is 31.1 Å². The van der Waals surface area contributed by atoms with Crippen LogP contribution in [0.25, 0.3) is 0 Å². The minimum atomic E-state index is -1.06. The van der Waals surface area contributed by atoms with E-state index in [1.165, 1.54) is 0 Å². The lowest BCUT2D eigenvalue weighted by Crippen LogP contribution is -2.28. The molecule has 0 aromatic heterocycles. The van der Waals surface area contributed by atoms with Crippen LogP contribution in [0.1, 0.15) is 48.6 Å². The van der Waals surface area contributed by atoms with E-state index in [4.69, 9.17) is 4.74 Å². The van der Waals surface area contributed by atoms with Gasteiger partial charge in [-0.3, -0.25) is 14.4 Å². The van der Waals surface area contributed by atoms with Gasteiger partial charge in [-0.15, -0.1) is 0 Å². The fourth-order valence-electron chi connectivity index (χ4n) is 2.99. The molecule has 1 N–H and O–H groups in total. The fraction of sp³-hybridized carbons (Fsp3) is 0.438. The minimum absolute atomic E-state index is 0.0803. The van der Waals surface area contributed by atoms with Gasteiger partial charge < -0.3 is 14.6 Å². The van der Waals surface area contributed by atoms with Gasteiger partial charge in [0, 0.05) is 18.3 Å². The third kappa shape index (κ3) is 3.17. The minimum Gasteiger partial charge on any atom is -0.436 e. The normalized spacial score (nSPS) is 26.5. The van der Waals surface area contributed by atoms with E-state index in [1.807, 2.05) is 24.3 Å². The molecular formula is C16H16O6. The van der Waals surface area contributed by atoms with Crippen molar-refractivity contribution in [2.75, 3.05) is 0 Å². The number of hydrogen-bond donors (Lipinski definition) is 1. The van der Waals surface area contributed by atoms with Crippen LogP contribution >= 0.6 is 0 Å². The van der Waals surface area contributed by atoms with Crippen molar-refractivity contribution in [2.24, 2.45) is 0 Å². The second-order valence-corrected chi connectivity index (χ2v) is 5.70. The first-order valence-electron chi connectivity index (χ1n) is 7.22. The number of cyclic esters (lactones) is 3. The van der Waals surface area contributed by atoms with Crippen LogP contribution in [-0.2, 0) is 23.9 Å². The number of rotatable bonds is 2. The van der Waals surface area contributed by atoms with Crippen LogP contribution in [0.4, 0.5) is 0 Å². The smallest absolute Gasteiger partial charge is 0.314 e. The molecule has 3 rings (SSSR count). The van der Waals surface area contributed by atoms with E-state index in [0.29, 0.717) is 6.42 Å². The summed E-state index contributed by atoms with van der Waals surface area (Å²) in [4.78, 5) is 34.0. The van der Waals surface area contributed by atoms with Gasteiger partial charge in [0.1, 0.15) is 0 Å². The Labute approximate surface area is 127 Å². The molecule has 0 spiro atoms. The number of benzene rings is 1. The number of aliphatic hydroxyl groups is 1. The second kappa shape index (κ2) is 5.88. The average molecular weight is 304 g/mol. The molecule has 0 saturated carbocycles. The average Bonchev–Trinajstić information content (AvgIpc) is 2.45. The molecule has 0 bridgehead atoms. The van der Waals surface area contributed by atoms with Crippen LogP contribution < -0.4 is 0 Å². The lowest BCUT2D eigenvalue weighted by Gasteiger charge is -2.26. The van der Waals surface area contributed by atoms with Gasteiger partial charge in [0.2, 0.25) is 6.29 Å². The lowest BCUT2D eigenvalue weighted by atomic mass is 9.86. The molecule has 22 heavy (non-hydrogen) atoms. The van der Waals surface area contributed by atoms with Crippen LogP contribution in [0.3, 0.4) is 0 Å². The maximum atomic E-state index is 11.4. The summed E-state index contributed by atoms with van der Waals surface area (Å²) in [6, 6.07) is 7.46. The molecule has 0 radical (unpaired) electrons. The van der Waals surface area contributed by atoms with Crippen LogP contribution in [-0.4, -0.2) is 29.3 Å². The molecule has 1 aromatic carbocycles. The van der Waals surface area contributed by atoms with Gasteiger partial charge in [0.15, 0.2) is 0 Å². The molecule has 1 aromatic rings. The summed E-state index contributed by atoms with van der Waals surface area (Å²) >= 11 is 0. The number of ether oxygens (including phenoxy) is 2. The van der Waals surface area contributed by atoms with Gasteiger partial charge in [-0.1, -0.05) is 24.3 Å². The maximum Gasteiger partial charge on any atom is 0.314 e. The van der Waals surface area contributed by atoms with E-state index in [1.54, 1.807) is 0 Å². The van der Waals surface area contributed by atoms with Crippen molar-refractivity contribution >= 4 is 17.9 Å². The number of esters is 3. The highest BCUT2D eigenvalue weighted by atomic mass is 16.6. The van der Waals surface area contributed by atoms with E-state index >= 15 is 0 Å². The van der Waals surface area contributed by atoms with Crippen LogP contribution in [0.2, 0.25) is 0 Å². The van der Waals surface area contributed by atoms with Crippen molar-refractivity contribution in [3.8, 4) is 0 Å². The molecule has 0 aliphatic carbocycles. The molecule has 6 nitrogen and oxygen atoms in total. The molecule has 2 heterocycles. The van der Waals surface area contributed by atoms with Crippen LogP contribution in [0.5, 0.6) is 0 Å². The van der Waals surface area contributed by atoms with E-state index < -0.39 is 24.2 Å². The van der Waals surface area contributed by atoms with Crippen molar-refractivity contribution in [1.82, 2.24) is 0 Å². The number of hydrogen-bond acceptors (Lipinski definition) is 6. The quantitative estimate of drug-likeness (QED) is 0.655. The first-order chi connectivity index (χ1) is 10.5. The molecule has 2 saturated heterocycles. The van der Waals surface area contributed by atoms with Gasteiger partial charge >= 0.3 is 17.9 Å². The molecule has 2 aliphatic rings. The summed E-state index contributed by atoms with van der Waals surface area (Å²) in [6.45, 7) is 0. The van der Waals surface area contributed by atoms with Crippen molar-refractivity contribution in [3.63, 3.8) is 0 Å². The summed E-state index contributed by atoms with van der Waals surface area (Å²) in [5, 5.41) is 9.50. The van der Waals surface area contributed by atoms with E-state index in [0.717, 1.165) is 11.1 Å². The third-order valence-electron chi connectivity index (χ3n) is 4.10. The van der Waals surface area contributed by atoms with Gasteiger partial charge in [-0.2, -0.15) is 0 Å². The van der Waals surface area contributed by atoms with Crippen molar-refractivity contribution < 1.29 is 29.0 Å². The zero-order valence-electron chi connectivity index (χ0n) is 11.9. The van der Waals surface area contributed by atoms with Crippen molar-refractivity contribution in [2.45, 2.75) is 43.8 Å². The maximum absolute atomic E-state index is 11.4. The summed E-state index contributed by atoms with van der Waals surface area (Å²) in [5.74, 6) is -1.65. The highest BCUT2D eigenvalue weighted by Crippen LogP contribution is 2.33. The van der Waals surface area contributed by atoms with Gasteiger partial charge in [-0.25, -0.2) is 0 Å². The molecule has 2 atom stereocenters. The predicted octanol–water partition coefficient (Wildman–Crippen LogP) is 1.37. The third-order valence-corrected chi connectivity index (χ3v) is 4.10. The number of carbonyl (C=O) groups is 3. The van der Waals surface area contributed by atoms with E-state index in [9.17, 15) is 19.5 Å². The highest BCUT2D eigenvalue weighted by molar-refractivity contribution is 5.89. The van der Waals surface area contributed by atoms with Gasteiger partial charge in [0.25, 0.3) is 0 Å². The first kappa shape index (κ1) is 14.7. The summed E-state index contributed by atoms with van der Waals surface area (Å²) in [6.07, 6.45) is -0.0556. The molecule has 2 unspecified atom stereocenters. The zero-order valence-corrected chi connectivity index (χ0v) is 11.9. The Hall–Kier alpha value is -2.21. The zero-order chi connectivity index (χ0) is 15.7. The Morgan fingerprint density at radius 2 is 1.32 bits per heavy atom. The Balaban J connectivity index is 1.73. The Morgan fingerprint density at radius 3 is 1.86 bits per heavy atom. The Bertz CT molecular complexity index is 590. The van der Waals surface area contributed by atoms with Gasteiger partial charge in [-0.05, 0) is 11.1 Å². The molecule has 6 heteroatoms. The number of carbonyl (C=O) groups excluding carboxylic acids is 3. The second-order valence-electron chi connectivity index (χ2n) is 5.70. The van der Waals surface area contributed by atoms with E-state index in [2.05, 4.69) is 4.74 Å². The fourth-order valence-corrected chi connectivity index (χ4v) is 2.99. The van der Waals surface area contributed by atoms with Crippen LogP contribution in [0.15, 0.2) is 24.3 Å². The van der Waals surface area contributed by atoms with Crippen molar-refractivity contribution in [1.29, 1.82) is 0 Å². The topological polar surface area (TPSA) is 89.9 Å². The van der Waals surface area contributed by atoms with Crippen molar-refractivity contribution in [3.05, 3.63) is 35.4 Å². The molecule has 2 fully saturated rings. The molecule has 116 valence electrons. The Morgan fingerprint density at radius 1 is 0.818 bits per heavy atom. The van der Waals surface area contributed by atoms with Gasteiger partial charge in [0.05, 0.1) is 19.3 Å². The largest absolute Gasteiger partial charge is 0.436 e. The summed E-state index contributed by atoms with van der Waals surface area (Å²) < 4.78 is 9.23.